The molecule has 176 valence electrons. The molecule has 0 spiro atoms. The summed E-state index contributed by atoms with van der Waals surface area (Å²) in [6, 6.07) is 18.4. The second-order valence-electron chi connectivity index (χ2n) is 7.60. The van der Waals surface area contributed by atoms with E-state index in [9.17, 15) is 19.2 Å². The van der Waals surface area contributed by atoms with Crippen molar-refractivity contribution in [3.05, 3.63) is 78.4 Å². The van der Waals surface area contributed by atoms with E-state index in [1.807, 2.05) is 60.7 Å². The number of nitrogens with zero attached hydrogens (tertiary/aromatic N) is 1. The Labute approximate surface area is 196 Å². The standard InChI is InChI=1S/C25H25N3O6/c1-17(12-20(29)13-27-25(32)34-15-18-8-4-2-5-9-18)23(31)26-14-22(30)24-28-21(16-33-24)19-10-6-3-7-11-19/h2-11,16-17H,12-15H2,1H3,(H,26,31)(H,27,32)/t17-/m1/s1. The van der Waals surface area contributed by atoms with Crippen molar-refractivity contribution in [3.63, 3.8) is 0 Å². The number of oxazole rings is 1. The van der Waals surface area contributed by atoms with Gasteiger partial charge < -0.3 is 19.8 Å². The molecule has 1 aromatic heterocycles. The molecule has 2 aromatic carbocycles. The molecule has 9 heteroatoms. The Kier molecular flexibility index (Phi) is 8.67. The predicted octanol–water partition coefficient (Wildman–Crippen LogP) is 3.16. The van der Waals surface area contributed by atoms with Gasteiger partial charge in [-0.15, -0.1) is 0 Å². The van der Waals surface area contributed by atoms with E-state index in [1.54, 1.807) is 6.92 Å². The number of alkyl carbamates (subject to hydrolysis) is 1. The van der Waals surface area contributed by atoms with Crippen molar-refractivity contribution < 1.29 is 28.3 Å². The minimum atomic E-state index is -0.722. The van der Waals surface area contributed by atoms with Crippen LogP contribution in [0.4, 0.5) is 4.79 Å². The highest BCUT2D eigenvalue weighted by atomic mass is 16.5. The number of ether oxygens (including phenoxy) is 1. The van der Waals surface area contributed by atoms with Crippen molar-refractivity contribution in [2.24, 2.45) is 5.92 Å². The zero-order valence-electron chi connectivity index (χ0n) is 18.7. The van der Waals surface area contributed by atoms with Crippen molar-refractivity contribution in [3.8, 4) is 11.3 Å². The van der Waals surface area contributed by atoms with Crippen LogP contribution in [0.1, 0.15) is 29.6 Å². The number of amides is 2. The van der Waals surface area contributed by atoms with Crippen LogP contribution < -0.4 is 10.6 Å². The fraction of sp³-hybridized carbons (Fsp3) is 0.240. The molecule has 1 heterocycles. The van der Waals surface area contributed by atoms with Crippen LogP contribution in [0.5, 0.6) is 0 Å². The molecule has 0 saturated heterocycles. The van der Waals surface area contributed by atoms with Crippen LogP contribution >= 0.6 is 0 Å². The summed E-state index contributed by atoms with van der Waals surface area (Å²) in [4.78, 5) is 52.5. The average molecular weight is 463 g/mol. The summed E-state index contributed by atoms with van der Waals surface area (Å²) >= 11 is 0. The van der Waals surface area contributed by atoms with E-state index in [0.29, 0.717) is 5.69 Å². The average Bonchev–Trinajstić information content (AvgIpc) is 3.36. The summed E-state index contributed by atoms with van der Waals surface area (Å²) in [5.74, 6) is -2.10. The first-order valence-electron chi connectivity index (χ1n) is 10.7. The van der Waals surface area contributed by atoms with E-state index in [2.05, 4.69) is 15.6 Å². The molecule has 1 atom stereocenters. The molecule has 3 aromatic rings. The van der Waals surface area contributed by atoms with Gasteiger partial charge in [-0.2, -0.15) is 0 Å². The van der Waals surface area contributed by atoms with Crippen LogP contribution in [0.3, 0.4) is 0 Å². The van der Waals surface area contributed by atoms with E-state index in [1.165, 1.54) is 6.26 Å². The van der Waals surface area contributed by atoms with Crippen LogP contribution in [0.2, 0.25) is 0 Å². The summed E-state index contributed by atoms with van der Waals surface area (Å²) in [5.41, 5.74) is 2.15. The molecule has 2 amide bonds. The maximum atomic E-state index is 12.3. The number of benzene rings is 2. The third-order valence-corrected chi connectivity index (χ3v) is 4.86. The van der Waals surface area contributed by atoms with Gasteiger partial charge in [-0.05, 0) is 5.56 Å². The van der Waals surface area contributed by atoms with Crippen molar-refractivity contribution in [1.82, 2.24) is 15.6 Å². The van der Waals surface area contributed by atoms with E-state index in [-0.39, 0.29) is 37.8 Å². The van der Waals surface area contributed by atoms with E-state index in [4.69, 9.17) is 9.15 Å². The van der Waals surface area contributed by atoms with Crippen LogP contribution in [0, 0.1) is 5.92 Å². The van der Waals surface area contributed by atoms with Crippen molar-refractivity contribution in [2.75, 3.05) is 13.1 Å². The highest BCUT2D eigenvalue weighted by Gasteiger charge is 2.20. The van der Waals surface area contributed by atoms with Crippen molar-refractivity contribution in [1.29, 1.82) is 0 Å². The van der Waals surface area contributed by atoms with Crippen LogP contribution in [0.25, 0.3) is 11.3 Å². The van der Waals surface area contributed by atoms with E-state index < -0.39 is 23.7 Å². The number of nitrogens with one attached hydrogen (secondary N) is 2. The summed E-state index contributed by atoms with van der Waals surface area (Å²) < 4.78 is 10.3. The summed E-state index contributed by atoms with van der Waals surface area (Å²) in [7, 11) is 0. The second-order valence-corrected chi connectivity index (χ2v) is 7.60. The minimum Gasteiger partial charge on any atom is -0.445 e. The summed E-state index contributed by atoms with van der Waals surface area (Å²) in [6.45, 7) is 1.08. The highest BCUT2D eigenvalue weighted by Crippen LogP contribution is 2.18. The normalized spacial score (nSPS) is 11.3. The molecule has 2 N–H and O–H groups in total. The molecule has 3 rings (SSSR count). The summed E-state index contributed by atoms with van der Waals surface area (Å²) in [6.07, 6.45) is 0.556. The van der Waals surface area contributed by atoms with E-state index >= 15 is 0 Å². The van der Waals surface area contributed by atoms with Gasteiger partial charge in [-0.25, -0.2) is 9.78 Å². The Morgan fingerprint density at radius 2 is 1.62 bits per heavy atom. The molecule has 0 aliphatic carbocycles. The number of carbonyl (C=O) groups excluding carboxylic acids is 4. The molecule has 34 heavy (non-hydrogen) atoms. The Bertz CT molecular complexity index is 1130. The smallest absolute Gasteiger partial charge is 0.407 e. The van der Waals surface area contributed by atoms with Gasteiger partial charge in [-0.1, -0.05) is 67.6 Å². The fourth-order valence-electron chi connectivity index (χ4n) is 3.01. The van der Waals surface area contributed by atoms with Gasteiger partial charge in [0.25, 0.3) is 5.89 Å². The topological polar surface area (TPSA) is 128 Å². The second kappa shape index (κ2) is 12.1. The predicted molar refractivity (Wildman–Crippen MR) is 123 cm³/mol. The van der Waals surface area contributed by atoms with Crippen molar-refractivity contribution in [2.45, 2.75) is 20.0 Å². The number of carbonyl (C=O) groups is 4. The zero-order valence-corrected chi connectivity index (χ0v) is 18.7. The first kappa shape index (κ1) is 24.4. The van der Waals surface area contributed by atoms with Gasteiger partial charge in [0.2, 0.25) is 11.7 Å². The molecular weight excluding hydrogens is 438 g/mol. The lowest BCUT2D eigenvalue weighted by atomic mass is 10.0. The monoisotopic (exact) mass is 463 g/mol. The first-order valence-corrected chi connectivity index (χ1v) is 10.7. The van der Waals surface area contributed by atoms with Crippen LogP contribution in [0.15, 0.2) is 71.3 Å². The lowest BCUT2D eigenvalue weighted by Crippen LogP contribution is -2.36. The lowest BCUT2D eigenvalue weighted by Gasteiger charge is -2.11. The first-order chi connectivity index (χ1) is 16.4. The van der Waals surface area contributed by atoms with Gasteiger partial charge in [0.15, 0.2) is 5.78 Å². The summed E-state index contributed by atoms with van der Waals surface area (Å²) in [5, 5.41) is 4.85. The quantitative estimate of drug-likeness (QED) is 0.418. The minimum absolute atomic E-state index is 0.0884. The number of rotatable bonds is 11. The lowest BCUT2D eigenvalue weighted by molar-refractivity contribution is -0.128. The Hall–Kier alpha value is -4.27. The fourth-order valence-corrected chi connectivity index (χ4v) is 3.01. The van der Waals surface area contributed by atoms with Gasteiger partial charge >= 0.3 is 6.09 Å². The number of hydrogen-bond donors (Lipinski definition) is 2. The molecule has 0 aliphatic rings. The highest BCUT2D eigenvalue weighted by molar-refractivity contribution is 5.97. The molecule has 0 saturated carbocycles. The van der Waals surface area contributed by atoms with Gasteiger partial charge in [0.05, 0.1) is 13.1 Å². The van der Waals surface area contributed by atoms with Gasteiger partial charge in [0.1, 0.15) is 18.6 Å². The van der Waals surface area contributed by atoms with Gasteiger partial charge in [0, 0.05) is 17.9 Å². The Balaban J connectivity index is 1.36. The zero-order chi connectivity index (χ0) is 24.3. The molecule has 0 bridgehead atoms. The number of aromatic nitrogens is 1. The molecule has 0 radical (unpaired) electrons. The molecule has 0 fully saturated rings. The van der Waals surface area contributed by atoms with Crippen LogP contribution in [-0.2, 0) is 20.9 Å². The molecule has 9 nitrogen and oxygen atoms in total. The maximum Gasteiger partial charge on any atom is 0.407 e. The van der Waals surface area contributed by atoms with Crippen molar-refractivity contribution >= 4 is 23.6 Å². The van der Waals surface area contributed by atoms with E-state index in [0.717, 1.165) is 11.1 Å². The largest absolute Gasteiger partial charge is 0.445 e. The Morgan fingerprint density at radius 3 is 2.32 bits per heavy atom. The number of hydrogen-bond acceptors (Lipinski definition) is 7. The third-order valence-electron chi connectivity index (χ3n) is 4.86. The molecule has 0 aliphatic heterocycles. The molecular formula is C25H25N3O6. The Morgan fingerprint density at radius 1 is 0.941 bits per heavy atom. The molecule has 0 unspecified atom stereocenters. The van der Waals surface area contributed by atoms with Gasteiger partial charge in [-0.3, -0.25) is 14.4 Å². The number of Topliss-reactive ketones (excluding diaryl/α,β-unsaturated/α-hetero) is 2. The maximum absolute atomic E-state index is 12.3. The third kappa shape index (κ3) is 7.40. The SMILES string of the molecule is C[C@H](CC(=O)CNC(=O)OCc1ccccc1)C(=O)NCC(=O)c1nc(-c2ccccc2)co1. The number of ketones is 2. The van der Waals surface area contributed by atoms with Crippen LogP contribution in [-0.4, -0.2) is 41.6 Å².